The largest absolute Gasteiger partial charge is 0.333 e. The Bertz CT molecular complexity index is 363. The highest BCUT2D eigenvalue weighted by molar-refractivity contribution is 7.99. The molecule has 0 aliphatic heterocycles. The molecule has 2 rings (SSSR count). The van der Waals surface area contributed by atoms with E-state index in [-0.39, 0.29) is 0 Å². The summed E-state index contributed by atoms with van der Waals surface area (Å²) < 4.78 is 0. The number of para-hydroxylation sites is 2. The number of benzene rings is 1. The van der Waals surface area contributed by atoms with E-state index in [9.17, 15) is 0 Å². The van der Waals surface area contributed by atoms with Gasteiger partial charge < -0.3 is 10.7 Å². The average Bonchev–Trinajstić information content (AvgIpc) is 2.57. The van der Waals surface area contributed by atoms with Gasteiger partial charge in [0.1, 0.15) is 0 Å². The lowest BCUT2D eigenvalue weighted by atomic mass is 10.3. The van der Waals surface area contributed by atoms with E-state index in [4.69, 9.17) is 5.73 Å². The Hall–Kier alpha value is -1.00. The molecule has 0 fully saturated rings. The van der Waals surface area contributed by atoms with Crippen LogP contribution in [0.25, 0.3) is 11.0 Å². The van der Waals surface area contributed by atoms with E-state index in [2.05, 4.69) is 9.97 Å². The van der Waals surface area contributed by atoms with Crippen molar-refractivity contribution in [2.75, 3.05) is 12.3 Å². The number of nitrogens with one attached hydrogen (secondary N) is 1. The standard InChI is InChI=1S/C9H11N3S/c10-5-6-13-9-11-7-3-1-2-4-8(7)12-9/h1-4H,5-6,10H2,(H,11,12). The van der Waals surface area contributed by atoms with Gasteiger partial charge in [-0.15, -0.1) is 0 Å². The molecule has 0 amide bonds. The van der Waals surface area contributed by atoms with Crippen molar-refractivity contribution in [3.63, 3.8) is 0 Å². The Labute approximate surface area is 80.7 Å². The number of H-pyrrole nitrogens is 1. The maximum atomic E-state index is 5.41. The average molecular weight is 193 g/mol. The Kier molecular flexibility index (Phi) is 2.52. The van der Waals surface area contributed by atoms with Gasteiger partial charge in [0, 0.05) is 12.3 Å². The molecule has 1 aromatic carbocycles. The van der Waals surface area contributed by atoms with E-state index in [1.165, 1.54) is 0 Å². The van der Waals surface area contributed by atoms with Crippen molar-refractivity contribution in [1.82, 2.24) is 9.97 Å². The Morgan fingerprint density at radius 3 is 3.00 bits per heavy atom. The lowest BCUT2D eigenvalue weighted by Gasteiger charge is -1.90. The number of fused-ring (bicyclic) bond motifs is 1. The lowest BCUT2D eigenvalue weighted by Crippen LogP contribution is -2.01. The van der Waals surface area contributed by atoms with Crippen molar-refractivity contribution in [2.24, 2.45) is 5.73 Å². The quantitative estimate of drug-likeness (QED) is 0.728. The minimum Gasteiger partial charge on any atom is -0.333 e. The van der Waals surface area contributed by atoms with Gasteiger partial charge in [0.25, 0.3) is 0 Å². The van der Waals surface area contributed by atoms with Gasteiger partial charge >= 0.3 is 0 Å². The minimum absolute atomic E-state index is 0.682. The Morgan fingerprint density at radius 2 is 2.23 bits per heavy atom. The fourth-order valence-corrected chi connectivity index (χ4v) is 1.81. The molecule has 0 bridgehead atoms. The fraction of sp³-hybridized carbons (Fsp3) is 0.222. The van der Waals surface area contributed by atoms with E-state index in [0.717, 1.165) is 21.9 Å². The van der Waals surface area contributed by atoms with Gasteiger partial charge in [-0.25, -0.2) is 4.98 Å². The topological polar surface area (TPSA) is 54.7 Å². The Morgan fingerprint density at radius 1 is 1.38 bits per heavy atom. The molecule has 3 N–H and O–H groups in total. The van der Waals surface area contributed by atoms with E-state index in [1.807, 2.05) is 24.3 Å². The van der Waals surface area contributed by atoms with Crippen LogP contribution in [0.5, 0.6) is 0 Å². The predicted octanol–water partition coefficient (Wildman–Crippen LogP) is 1.61. The van der Waals surface area contributed by atoms with Gasteiger partial charge in [-0.2, -0.15) is 0 Å². The number of imidazole rings is 1. The van der Waals surface area contributed by atoms with Crippen LogP contribution in [0, 0.1) is 0 Å². The van der Waals surface area contributed by atoms with E-state index < -0.39 is 0 Å². The first-order chi connectivity index (χ1) is 6.40. The molecule has 0 atom stereocenters. The van der Waals surface area contributed by atoms with Crippen LogP contribution in [0.1, 0.15) is 0 Å². The summed E-state index contributed by atoms with van der Waals surface area (Å²) in [6.07, 6.45) is 0. The summed E-state index contributed by atoms with van der Waals surface area (Å²) in [5, 5.41) is 0.951. The monoisotopic (exact) mass is 193 g/mol. The number of hydrogen-bond donors (Lipinski definition) is 2. The van der Waals surface area contributed by atoms with Gasteiger partial charge in [0.05, 0.1) is 11.0 Å². The molecule has 0 saturated heterocycles. The summed E-state index contributed by atoms with van der Waals surface area (Å²) in [5.74, 6) is 0.903. The van der Waals surface area contributed by atoms with Crippen LogP contribution in [0.4, 0.5) is 0 Å². The molecule has 0 unspecified atom stereocenters. The van der Waals surface area contributed by atoms with Crippen LogP contribution in [-0.2, 0) is 0 Å². The first kappa shape index (κ1) is 8.59. The molecule has 0 radical (unpaired) electrons. The number of aromatic nitrogens is 2. The summed E-state index contributed by atoms with van der Waals surface area (Å²) in [4.78, 5) is 7.63. The van der Waals surface area contributed by atoms with Crippen molar-refractivity contribution in [1.29, 1.82) is 0 Å². The molecule has 1 aromatic heterocycles. The number of thioether (sulfide) groups is 1. The summed E-state index contributed by atoms with van der Waals surface area (Å²) in [5.41, 5.74) is 7.51. The van der Waals surface area contributed by atoms with Crippen LogP contribution < -0.4 is 5.73 Å². The van der Waals surface area contributed by atoms with Gasteiger partial charge in [-0.05, 0) is 12.1 Å². The zero-order valence-electron chi connectivity index (χ0n) is 7.16. The molecule has 4 heteroatoms. The normalized spacial score (nSPS) is 10.8. The number of nitrogens with zero attached hydrogens (tertiary/aromatic N) is 1. The zero-order valence-corrected chi connectivity index (χ0v) is 7.97. The molecule has 0 aliphatic rings. The molecule has 13 heavy (non-hydrogen) atoms. The van der Waals surface area contributed by atoms with E-state index >= 15 is 0 Å². The summed E-state index contributed by atoms with van der Waals surface area (Å²) in [7, 11) is 0. The van der Waals surface area contributed by atoms with Gasteiger partial charge in [-0.3, -0.25) is 0 Å². The molecule has 3 nitrogen and oxygen atoms in total. The highest BCUT2D eigenvalue weighted by atomic mass is 32.2. The number of hydrogen-bond acceptors (Lipinski definition) is 3. The molecular formula is C9H11N3S. The minimum atomic E-state index is 0.682. The number of nitrogens with two attached hydrogens (primary N) is 1. The predicted molar refractivity (Wildman–Crippen MR) is 55.9 cm³/mol. The summed E-state index contributed by atoms with van der Waals surface area (Å²) >= 11 is 1.65. The van der Waals surface area contributed by atoms with E-state index in [1.54, 1.807) is 11.8 Å². The molecular weight excluding hydrogens is 182 g/mol. The van der Waals surface area contributed by atoms with Crippen molar-refractivity contribution >= 4 is 22.8 Å². The van der Waals surface area contributed by atoms with Gasteiger partial charge in [0.2, 0.25) is 0 Å². The second kappa shape index (κ2) is 3.81. The van der Waals surface area contributed by atoms with Crippen LogP contribution in [0.3, 0.4) is 0 Å². The molecule has 68 valence electrons. The van der Waals surface area contributed by atoms with Crippen LogP contribution in [-0.4, -0.2) is 22.3 Å². The first-order valence-electron chi connectivity index (χ1n) is 4.18. The van der Waals surface area contributed by atoms with Gasteiger partial charge in [-0.1, -0.05) is 23.9 Å². The highest BCUT2D eigenvalue weighted by Crippen LogP contribution is 2.18. The van der Waals surface area contributed by atoms with Crippen LogP contribution in [0.15, 0.2) is 29.4 Å². The Balaban J connectivity index is 2.28. The smallest absolute Gasteiger partial charge is 0.166 e. The van der Waals surface area contributed by atoms with Crippen molar-refractivity contribution in [3.05, 3.63) is 24.3 Å². The van der Waals surface area contributed by atoms with Crippen molar-refractivity contribution < 1.29 is 0 Å². The first-order valence-corrected chi connectivity index (χ1v) is 5.16. The molecule has 2 aromatic rings. The zero-order chi connectivity index (χ0) is 9.10. The molecule has 0 spiro atoms. The SMILES string of the molecule is NCCSc1nc2ccccc2[nH]1. The maximum Gasteiger partial charge on any atom is 0.166 e. The highest BCUT2D eigenvalue weighted by Gasteiger charge is 2.00. The third kappa shape index (κ3) is 1.84. The summed E-state index contributed by atoms with van der Waals surface area (Å²) in [6, 6.07) is 8.01. The van der Waals surface area contributed by atoms with Crippen LogP contribution in [0.2, 0.25) is 0 Å². The number of rotatable bonds is 3. The van der Waals surface area contributed by atoms with Crippen molar-refractivity contribution in [2.45, 2.75) is 5.16 Å². The van der Waals surface area contributed by atoms with Gasteiger partial charge in [0.15, 0.2) is 5.16 Å². The fourth-order valence-electron chi connectivity index (χ4n) is 1.15. The lowest BCUT2D eigenvalue weighted by molar-refractivity contribution is 1.07. The molecule has 0 saturated carbocycles. The van der Waals surface area contributed by atoms with Crippen LogP contribution >= 0.6 is 11.8 Å². The van der Waals surface area contributed by atoms with E-state index in [0.29, 0.717) is 6.54 Å². The third-order valence-electron chi connectivity index (χ3n) is 1.72. The number of aromatic amines is 1. The van der Waals surface area contributed by atoms with Crippen molar-refractivity contribution in [3.8, 4) is 0 Å². The molecule has 0 aliphatic carbocycles. The molecule has 1 heterocycles. The second-order valence-corrected chi connectivity index (χ2v) is 3.78. The third-order valence-corrected chi connectivity index (χ3v) is 2.63. The second-order valence-electron chi connectivity index (χ2n) is 2.70. The maximum absolute atomic E-state index is 5.41. The summed E-state index contributed by atoms with van der Waals surface area (Å²) in [6.45, 7) is 0.682.